The zero-order valence-electron chi connectivity index (χ0n) is 18.7. The molecule has 1 N–H and O–H groups in total. The van der Waals surface area contributed by atoms with Gasteiger partial charge in [0.05, 0.1) is 5.56 Å². The molecule has 3 aromatic rings. The van der Waals surface area contributed by atoms with Gasteiger partial charge in [0.15, 0.2) is 0 Å². The number of nitrogens with one attached hydrogen (secondary N) is 1. The van der Waals surface area contributed by atoms with Gasteiger partial charge < -0.3 is 14.6 Å². The van der Waals surface area contributed by atoms with Crippen molar-refractivity contribution in [3.05, 3.63) is 86.2 Å². The van der Waals surface area contributed by atoms with Crippen molar-refractivity contribution in [2.75, 3.05) is 5.32 Å². The third-order valence-electron chi connectivity index (χ3n) is 4.77. The number of nitrogens with zero attached hydrogens (tertiary/aromatic N) is 1. The number of rotatable bonds is 5. The van der Waals surface area contributed by atoms with Crippen molar-refractivity contribution in [3.63, 3.8) is 0 Å². The zero-order valence-corrected chi connectivity index (χ0v) is 21.0. The predicted molar refractivity (Wildman–Crippen MR) is 134 cm³/mol. The molecular formula is C25H24BrClN2O4. The minimum Gasteiger partial charge on any atom is -0.456 e. The first-order valence-corrected chi connectivity index (χ1v) is 11.4. The van der Waals surface area contributed by atoms with Gasteiger partial charge in [-0.25, -0.2) is 4.79 Å². The van der Waals surface area contributed by atoms with Crippen LogP contribution in [0.3, 0.4) is 0 Å². The zero-order chi connectivity index (χ0) is 24.3. The Labute approximate surface area is 205 Å². The summed E-state index contributed by atoms with van der Waals surface area (Å²) in [7, 11) is 0. The molecule has 172 valence electrons. The number of hydrogen-bond acceptors (Lipinski definition) is 4. The molecule has 1 heterocycles. The lowest BCUT2D eigenvalue weighted by atomic mass is 10.1. The second kappa shape index (κ2) is 9.93. The van der Waals surface area contributed by atoms with Crippen LogP contribution >= 0.6 is 27.5 Å². The number of anilines is 1. The average Bonchev–Trinajstić information content (AvgIpc) is 2.74. The highest BCUT2D eigenvalue weighted by Crippen LogP contribution is 2.30. The number of halogens is 2. The van der Waals surface area contributed by atoms with Gasteiger partial charge in [0.25, 0.3) is 5.56 Å². The van der Waals surface area contributed by atoms with Crippen LogP contribution in [0.2, 0.25) is 5.02 Å². The normalized spacial score (nSPS) is 12.2. The Kier molecular flexibility index (Phi) is 7.44. The molecule has 8 heteroatoms. The van der Waals surface area contributed by atoms with E-state index in [4.69, 9.17) is 16.3 Å². The molecule has 3 rings (SSSR count). The summed E-state index contributed by atoms with van der Waals surface area (Å²) >= 11 is 9.55. The number of carbonyl (C=O) groups excluding carboxylic acids is 2. The molecule has 33 heavy (non-hydrogen) atoms. The second-order valence-corrected chi connectivity index (χ2v) is 9.82. The van der Waals surface area contributed by atoms with Crippen molar-refractivity contribution < 1.29 is 14.3 Å². The van der Waals surface area contributed by atoms with Crippen molar-refractivity contribution in [1.82, 2.24) is 4.57 Å². The van der Waals surface area contributed by atoms with Crippen LogP contribution in [-0.2, 0) is 9.53 Å². The molecule has 0 saturated heterocycles. The van der Waals surface area contributed by atoms with Gasteiger partial charge in [-0.05, 0) is 87.4 Å². The highest BCUT2D eigenvalue weighted by atomic mass is 79.9. The number of esters is 1. The standard InChI is InChI=1S/C25H24BrClN2O4/c1-15(23(31)28-19-8-5-16(6-9-19)24(32)33-25(2,3)4)29-12-11-17(13-22(29)30)20-14-18(27)7-10-21(20)26/h5-15H,1-4H3,(H,28,31)/t15-/m0/s1. The number of carbonyl (C=O) groups is 2. The fourth-order valence-electron chi connectivity index (χ4n) is 3.10. The molecule has 0 aliphatic carbocycles. The lowest BCUT2D eigenvalue weighted by Gasteiger charge is -2.19. The largest absolute Gasteiger partial charge is 0.456 e. The fraction of sp³-hybridized carbons (Fsp3) is 0.240. The molecule has 0 saturated carbocycles. The number of aromatic nitrogens is 1. The van der Waals surface area contributed by atoms with Crippen molar-refractivity contribution in [2.24, 2.45) is 0 Å². The van der Waals surface area contributed by atoms with Crippen LogP contribution in [0.1, 0.15) is 44.1 Å². The van der Waals surface area contributed by atoms with Crippen LogP contribution in [0.25, 0.3) is 11.1 Å². The van der Waals surface area contributed by atoms with Crippen LogP contribution in [0, 0.1) is 0 Å². The van der Waals surface area contributed by atoms with E-state index in [2.05, 4.69) is 21.2 Å². The van der Waals surface area contributed by atoms with Gasteiger partial charge >= 0.3 is 5.97 Å². The smallest absolute Gasteiger partial charge is 0.338 e. The van der Waals surface area contributed by atoms with Crippen molar-refractivity contribution in [1.29, 1.82) is 0 Å². The summed E-state index contributed by atoms with van der Waals surface area (Å²) in [5.74, 6) is -0.800. The molecule has 0 aliphatic rings. The van der Waals surface area contributed by atoms with E-state index in [-0.39, 0.29) is 11.5 Å². The van der Waals surface area contributed by atoms with E-state index in [1.807, 2.05) is 6.07 Å². The van der Waals surface area contributed by atoms with Crippen molar-refractivity contribution in [2.45, 2.75) is 39.3 Å². The molecule has 1 amide bonds. The summed E-state index contributed by atoms with van der Waals surface area (Å²) in [6, 6.07) is 14.2. The Morgan fingerprint density at radius 3 is 2.33 bits per heavy atom. The van der Waals surface area contributed by atoms with Crippen LogP contribution in [0.5, 0.6) is 0 Å². The lowest BCUT2D eigenvalue weighted by molar-refractivity contribution is -0.118. The van der Waals surface area contributed by atoms with E-state index in [1.165, 1.54) is 10.6 Å². The summed E-state index contributed by atoms with van der Waals surface area (Å²) in [4.78, 5) is 37.6. The first-order chi connectivity index (χ1) is 15.4. The molecular weight excluding hydrogens is 508 g/mol. The minimum atomic E-state index is -0.750. The van der Waals surface area contributed by atoms with E-state index in [1.54, 1.807) is 76.4 Å². The third kappa shape index (κ3) is 6.33. The van der Waals surface area contributed by atoms with Crippen molar-refractivity contribution >= 4 is 45.1 Å². The number of benzene rings is 2. The summed E-state index contributed by atoms with van der Waals surface area (Å²) in [6.45, 7) is 7.02. The Morgan fingerprint density at radius 1 is 1.06 bits per heavy atom. The van der Waals surface area contributed by atoms with E-state index in [0.29, 0.717) is 21.8 Å². The molecule has 2 aromatic carbocycles. The SMILES string of the molecule is C[C@@H](C(=O)Nc1ccc(C(=O)OC(C)(C)C)cc1)n1ccc(-c2cc(Cl)ccc2Br)cc1=O. The monoisotopic (exact) mass is 530 g/mol. The number of amides is 1. The number of ether oxygens (including phenoxy) is 1. The summed E-state index contributed by atoms with van der Waals surface area (Å²) in [5, 5.41) is 3.33. The minimum absolute atomic E-state index is 0.317. The molecule has 6 nitrogen and oxygen atoms in total. The van der Waals surface area contributed by atoms with Gasteiger partial charge in [0.2, 0.25) is 5.91 Å². The maximum Gasteiger partial charge on any atom is 0.338 e. The lowest BCUT2D eigenvalue weighted by Crippen LogP contribution is -2.31. The van der Waals surface area contributed by atoms with Crippen molar-refractivity contribution in [3.8, 4) is 11.1 Å². The fourth-order valence-corrected chi connectivity index (χ4v) is 3.74. The molecule has 0 spiro atoms. The average molecular weight is 532 g/mol. The summed E-state index contributed by atoms with van der Waals surface area (Å²) in [5.41, 5.74) is 1.46. The first-order valence-electron chi connectivity index (χ1n) is 10.3. The third-order valence-corrected chi connectivity index (χ3v) is 5.70. The quantitative estimate of drug-likeness (QED) is 0.404. The summed E-state index contributed by atoms with van der Waals surface area (Å²) in [6.07, 6.45) is 1.58. The maximum absolute atomic E-state index is 12.7. The van der Waals surface area contributed by atoms with Gasteiger partial charge in [-0.15, -0.1) is 0 Å². The Balaban J connectivity index is 1.73. The molecule has 1 aromatic heterocycles. The highest BCUT2D eigenvalue weighted by Gasteiger charge is 2.19. The number of pyridine rings is 1. The van der Waals surface area contributed by atoms with E-state index in [9.17, 15) is 14.4 Å². The van der Waals surface area contributed by atoms with Crippen LogP contribution in [0.4, 0.5) is 5.69 Å². The van der Waals surface area contributed by atoms with Gasteiger partial charge in [0.1, 0.15) is 11.6 Å². The maximum atomic E-state index is 12.7. The highest BCUT2D eigenvalue weighted by molar-refractivity contribution is 9.10. The van der Waals surface area contributed by atoms with Gasteiger partial charge in [-0.1, -0.05) is 27.5 Å². The van der Waals surface area contributed by atoms with E-state index in [0.717, 1.165) is 10.0 Å². The van der Waals surface area contributed by atoms with Gasteiger partial charge in [0, 0.05) is 27.4 Å². The van der Waals surface area contributed by atoms with E-state index < -0.39 is 17.6 Å². The number of hydrogen-bond donors (Lipinski definition) is 1. The topological polar surface area (TPSA) is 77.4 Å². The molecule has 1 atom stereocenters. The second-order valence-electron chi connectivity index (χ2n) is 8.53. The first kappa shape index (κ1) is 24.7. The molecule has 0 fully saturated rings. The molecule has 0 bridgehead atoms. The molecule has 0 unspecified atom stereocenters. The Morgan fingerprint density at radius 2 is 1.73 bits per heavy atom. The molecule has 0 radical (unpaired) electrons. The summed E-state index contributed by atoms with van der Waals surface area (Å²) < 4.78 is 7.50. The van der Waals surface area contributed by atoms with E-state index >= 15 is 0 Å². The van der Waals surface area contributed by atoms with Crippen LogP contribution in [-0.4, -0.2) is 22.0 Å². The van der Waals surface area contributed by atoms with Gasteiger partial charge in [-0.2, -0.15) is 0 Å². The predicted octanol–water partition coefficient (Wildman–Crippen LogP) is 6.09. The van der Waals surface area contributed by atoms with Crippen LogP contribution < -0.4 is 10.9 Å². The molecule has 0 aliphatic heterocycles. The van der Waals surface area contributed by atoms with Gasteiger partial charge in [-0.3, -0.25) is 9.59 Å². The Bertz CT molecular complexity index is 1250. The Hall–Kier alpha value is -2.90. The van der Waals surface area contributed by atoms with Crippen LogP contribution in [0.15, 0.2) is 70.1 Å².